The Morgan fingerprint density at radius 3 is 2.33 bits per heavy atom. The topological polar surface area (TPSA) is 67.4 Å². The van der Waals surface area contributed by atoms with Crippen molar-refractivity contribution in [3.05, 3.63) is 71.3 Å². The van der Waals surface area contributed by atoms with Crippen molar-refractivity contribution in [1.29, 1.82) is 0 Å². The molecule has 2 amide bonds. The molecular formula is C19H22N2O3. The van der Waals surface area contributed by atoms with Gasteiger partial charge in [-0.1, -0.05) is 36.4 Å². The summed E-state index contributed by atoms with van der Waals surface area (Å²) < 4.78 is 4.90. The third-order valence-corrected chi connectivity index (χ3v) is 3.63. The summed E-state index contributed by atoms with van der Waals surface area (Å²) in [6.07, 6.45) is 0. The fourth-order valence-electron chi connectivity index (χ4n) is 2.28. The van der Waals surface area contributed by atoms with Crippen LogP contribution < -0.4 is 10.6 Å². The summed E-state index contributed by atoms with van der Waals surface area (Å²) in [5.41, 5.74) is 1.93. The smallest absolute Gasteiger partial charge is 0.251 e. The number of hydrogen-bond donors (Lipinski definition) is 2. The van der Waals surface area contributed by atoms with Gasteiger partial charge in [0.15, 0.2) is 0 Å². The van der Waals surface area contributed by atoms with Gasteiger partial charge in [0.1, 0.15) is 0 Å². The van der Waals surface area contributed by atoms with Gasteiger partial charge in [-0.25, -0.2) is 0 Å². The number of carbonyl (C=O) groups excluding carboxylic acids is 2. The van der Waals surface area contributed by atoms with Crippen LogP contribution in [0.3, 0.4) is 0 Å². The molecule has 2 aromatic carbocycles. The summed E-state index contributed by atoms with van der Waals surface area (Å²) in [6, 6.07) is 16.3. The van der Waals surface area contributed by atoms with E-state index in [1.54, 1.807) is 31.4 Å². The molecule has 1 unspecified atom stereocenters. The summed E-state index contributed by atoms with van der Waals surface area (Å²) in [6.45, 7) is 2.80. The number of rotatable bonds is 7. The minimum absolute atomic E-state index is 0.113. The molecule has 2 aromatic rings. The Kier molecular flexibility index (Phi) is 6.51. The van der Waals surface area contributed by atoms with Crippen LogP contribution in [0.5, 0.6) is 0 Å². The molecule has 5 nitrogen and oxygen atoms in total. The number of nitrogens with one attached hydrogen (secondary N) is 2. The maximum Gasteiger partial charge on any atom is 0.251 e. The van der Waals surface area contributed by atoms with Crippen LogP contribution in [-0.4, -0.2) is 32.1 Å². The van der Waals surface area contributed by atoms with E-state index in [0.717, 1.165) is 5.56 Å². The van der Waals surface area contributed by atoms with Gasteiger partial charge in [-0.15, -0.1) is 0 Å². The van der Waals surface area contributed by atoms with Crippen LogP contribution in [0.15, 0.2) is 54.6 Å². The second-order valence-electron chi connectivity index (χ2n) is 5.44. The summed E-state index contributed by atoms with van der Waals surface area (Å²) >= 11 is 0. The van der Waals surface area contributed by atoms with Crippen molar-refractivity contribution in [2.24, 2.45) is 0 Å². The fraction of sp³-hybridized carbons (Fsp3) is 0.263. The predicted molar refractivity (Wildman–Crippen MR) is 93.0 cm³/mol. The number of methoxy groups -OCH3 is 1. The average Bonchev–Trinajstić information content (AvgIpc) is 2.62. The molecule has 2 rings (SSSR count). The molecule has 1 atom stereocenters. The Morgan fingerprint density at radius 2 is 1.67 bits per heavy atom. The van der Waals surface area contributed by atoms with Crippen molar-refractivity contribution in [2.75, 3.05) is 20.3 Å². The van der Waals surface area contributed by atoms with E-state index in [-0.39, 0.29) is 17.9 Å². The second-order valence-corrected chi connectivity index (χ2v) is 5.44. The van der Waals surface area contributed by atoms with E-state index >= 15 is 0 Å². The molecule has 0 aromatic heterocycles. The van der Waals surface area contributed by atoms with Crippen LogP contribution in [-0.2, 0) is 4.74 Å². The Labute approximate surface area is 142 Å². The average molecular weight is 326 g/mol. The molecule has 0 aliphatic heterocycles. The first-order valence-electron chi connectivity index (χ1n) is 7.85. The van der Waals surface area contributed by atoms with E-state index < -0.39 is 0 Å². The van der Waals surface area contributed by atoms with Gasteiger partial charge in [-0.3, -0.25) is 9.59 Å². The molecule has 0 aliphatic carbocycles. The molecule has 0 aliphatic rings. The van der Waals surface area contributed by atoms with Crippen LogP contribution in [0.4, 0.5) is 0 Å². The number of amides is 2. The van der Waals surface area contributed by atoms with Crippen molar-refractivity contribution in [1.82, 2.24) is 10.6 Å². The van der Waals surface area contributed by atoms with Crippen molar-refractivity contribution in [2.45, 2.75) is 13.0 Å². The lowest BCUT2D eigenvalue weighted by molar-refractivity contribution is 0.0937. The first kappa shape index (κ1) is 17.7. The van der Waals surface area contributed by atoms with Crippen LogP contribution in [0, 0.1) is 0 Å². The molecule has 126 valence electrons. The van der Waals surface area contributed by atoms with E-state index in [1.807, 2.05) is 37.3 Å². The normalized spacial score (nSPS) is 11.6. The van der Waals surface area contributed by atoms with E-state index in [9.17, 15) is 9.59 Å². The molecule has 5 heteroatoms. The van der Waals surface area contributed by atoms with Crippen LogP contribution >= 0.6 is 0 Å². The Hall–Kier alpha value is -2.66. The predicted octanol–water partition coefficient (Wildman–Crippen LogP) is 2.55. The second kappa shape index (κ2) is 8.84. The van der Waals surface area contributed by atoms with Crippen molar-refractivity contribution >= 4 is 11.8 Å². The summed E-state index contributed by atoms with van der Waals surface area (Å²) in [7, 11) is 1.57. The zero-order chi connectivity index (χ0) is 17.4. The molecule has 0 bridgehead atoms. The Balaban J connectivity index is 2.02. The first-order valence-corrected chi connectivity index (χ1v) is 7.85. The lowest BCUT2D eigenvalue weighted by atomic mass is 10.1. The van der Waals surface area contributed by atoms with Gasteiger partial charge < -0.3 is 15.4 Å². The highest BCUT2D eigenvalue weighted by atomic mass is 16.5. The van der Waals surface area contributed by atoms with Crippen molar-refractivity contribution < 1.29 is 14.3 Å². The molecule has 0 saturated carbocycles. The van der Waals surface area contributed by atoms with Gasteiger partial charge in [-0.2, -0.15) is 0 Å². The molecule has 0 spiro atoms. The molecule has 0 saturated heterocycles. The molecule has 0 heterocycles. The number of benzene rings is 2. The van der Waals surface area contributed by atoms with E-state index in [0.29, 0.717) is 24.3 Å². The highest BCUT2D eigenvalue weighted by molar-refractivity contribution is 5.99. The summed E-state index contributed by atoms with van der Waals surface area (Å²) in [5, 5.41) is 5.68. The van der Waals surface area contributed by atoms with Gasteiger partial charge in [0.05, 0.1) is 12.6 Å². The van der Waals surface area contributed by atoms with E-state index in [4.69, 9.17) is 4.74 Å². The highest BCUT2D eigenvalue weighted by Gasteiger charge is 2.13. The summed E-state index contributed by atoms with van der Waals surface area (Å²) in [4.78, 5) is 24.4. The van der Waals surface area contributed by atoms with Crippen molar-refractivity contribution in [3.63, 3.8) is 0 Å². The molecular weight excluding hydrogens is 304 g/mol. The quantitative estimate of drug-likeness (QED) is 0.769. The van der Waals surface area contributed by atoms with Crippen LogP contribution in [0.2, 0.25) is 0 Å². The molecule has 0 fully saturated rings. The maximum atomic E-state index is 12.4. The van der Waals surface area contributed by atoms with E-state index in [1.165, 1.54) is 0 Å². The lowest BCUT2D eigenvalue weighted by Gasteiger charge is -2.14. The standard InChI is InChI=1S/C19H22N2O3/c1-14(15-7-4-3-5-8-15)21-19(23)17-10-6-9-16(13-17)18(22)20-11-12-24-2/h3-10,13-14H,11-12H2,1-2H3,(H,20,22)(H,21,23). The third kappa shape index (κ3) is 4.93. The minimum atomic E-state index is -0.224. The molecule has 0 radical (unpaired) electrons. The highest BCUT2D eigenvalue weighted by Crippen LogP contribution is 2.13. The zero-order valence-electron chi connectivity index (χ0n) is 13.9. The third-order valence-electron chi connectivity index (χ3n) is 3.63. The van der Waals surface area contributed by atoms with Gasteiger partial charge in [0.2, 0.25) is 0 Å². The first-order chi connectivity index (χ1) is 11.6. The number of hydrogen-bond acceptors (Lipinski definition) is 3. The number of carbonyl (C=O) groups is 2. The molecule has 2 N–H and O–H groups in total. The van der Waals surface area contributed by atoms with Gasteiger partial charge >= 0.3 is 0 Å². The minimum Gasteiger partial charge on any atom is -0.383 e. The number of ether oxygens (including phenoxy) is 1. The zero-order valence-corrected chi connectivity index (χ0v) is 13.9. The van der Waals surface area contributed by atoms with E-state index in [2.05, 4.69) is 10.6 Å². The van der Waals surface area contributed by atoms with Gasteiger partial charge in [0.25, 0.3) is 11.8 Å². The van der Waals surface area contributed by atoms with Gasteiger partial charge in [-0.05, 0) is 30.7 Å². The van der Waals surface area contributed by atoms with Gasteiger partial charge in [0, 0.05) is 24.8 Å². The SMILES string of the molecule is COCCNC(=O)c1cccc(C(=O)NC(C)c2ccccc2)c1. The Bertz CT molecular complexity index is 686. The Morgan fingerprint density at radius 1 is 1.00 bits per heavy atom. The largest absolute Gasteiger partial charge is 0.383 e. The summed E-state index contributed by atoms with van der Waals surface area (Å²) in [5.74, 6) is -0.435. The van der Waals surface area contributed by atoms with Crippen LogP contribution in [0.25, 0.3) is 0 Å². The van der Waals surface area contributed by atoms with Crippen molar-refractivity contribution in [3.8, 4) is 0 Å². The maximum absolute atomic E-state index is 12.4. The lowest BCUT2D eigenvalue weighted by Crippen LogP contribution is -2.28. The van der Waals surface area contributed by atoms with Crippen LogP contribution in [0.1, 0.15) is 39.2 Å². The fourth-order valence-corrected chi connectivity index (χ4v) is 2.28. The monoisotopic (exact) mass is 326 g/mol. The molecule has 24 heavy (non-hydrogen) atoms.